The van der Waals surface area contributed by atoms with Gasteiger partial charge >= 0.3 is 0 Å². The van der Waals surface area contributed by atoms with Gasteiger partial charge in [-0.1, -0.05) is 0 Å². The van der Waals surface area contributed by atoms with Gasteiger partial charge in [-0.15, -0.1) is 0 Å². The fourth-order valence-electron chi connectivity index (χ4n) is 1.21. The first kappa shape index (κ1) is 8.31. The number of hydrazone groups is 1. The van der Waals surface area contributed by atoms with E-state index in [1.54, 1.807) is 12.5 Å². The second kappa shape index (κ2) is 4.09. The molecular weight excluding hydrogens is 168 g/mol. The molecule has 0 radical (unpaired) electrons. The minimum Gasteiger partial charge on any atom is -0.463 e. The van der Waals surface area contributed by atoms with Crippen molar-refractivity contribution in [2.45, 2.75) is 12.5 Å². The van der Waals surface area contributed by atoms with E-state index in [0.717, 1.165) is 25.4 Å². The van der Waals surface area contributed by atoms with Crippen LogP contribution in [0, 0.1) is 0 Å². The molecule has 2 rings (SSSR count). The molecule has 70 valence electrons. The predicted octanol–water partition coefficient (Wildman–Crippen LogP) is 0.992. The average Bonchev–Trinajstić information content (AvgIpc) is 2.75. The van der Waals surface area contributed by atoms with Crippen LogP contribution in [0.5, 0.6) is 0 Å². The van der Waals surface area contributed by atoms with Crippen LogP contribution in [0.15, 0.2) is 27.9 Å². The second-order valence-electron chi connectivity index (χ2n) is 2.96. The topological polar surface area (TPSA) is 46.8 Å². The summed E-state index contributed by atoms with van der Waals surface area (Å²) in [6.07, 6.45) is 4.31. The lowest BCUT2D eigenvalue weighted by Crippen LogP contribution is -2.24. The lowest BCUT2D eigenvalue weighted by Gasteiger charge is -2.04. The number of hydrogen-bond donors (Lipinski definition) is 1. The summed E-state index contributed by atoms with van der Waals surface area (Å²) in [4.78, 5) is 0. The molecule has 0 spiro atoms. The van der Waals surface area contributed by atoms with Crippen molar-refractivity contribution in [3.05, 3.63) is 24.2 Å². The molecule has 1 aromatic rings. The summed E-state index contributed by atoms with van der Waals surface area (Å²) in [7, 11) is 0. The van der Waals surface area contributed by atoms with Crippen molar-refractivity contribution in [2.75, 3.05) is 13.2 Å². The molecule has 1 fully saturated rings. The second-order valence-corrected chi connectivity index (χ2v) is 2.96. The van der Waals surface area contributed by atoms with Gasteiger partial charge in [-0.25, -0.2) is 0 Å². The number of nitrogens with one attached hydrogen (secondary N) is 1. The van der Waals surface area contributed by atoms with E-state index in [9.17, 15) is 0 Å². The van der Waals surface area contributed by atoms with E-state index in [1.165, 1.54) is 0 Å². The molecule has 0 amide bonds. The molecule has 1 unspecified atom stereocenters. The quantitative estimate of drug-likeness (QED) is 0.557. The maximum absolute atomic E-state index is 5.19. The Balaban J connectivity index is 1.78. The van der Waals surface area contributed by atoms with Gasteiger partial charge in [-0.3, -0.25) is 0 Å². The van der Waals surface area contributed by atoms with E-state index in [4.69, 9.17) is 9.15 Å². The highest BCUT2D eigenvalue weighted by atomic mass is 16.5. The Morgan fingerprint density at radius 1 is 1.62 bits per heavy atom. The molecule has 1 saturated heterocycles. The van der Waals surface area contributed by atoms with Crippen molar-refractivity contribution in [2.24, 2.45) is 5.10 Å². The molecule has 1 aliphatic rings. The Bertz CT molecular complexity index is 263. The largest absolute Gasteiger partial charge is 0.463 e. The third-order valence-corrected chi connectivity index (χ3v) is 1.92. The first-order chi connectivity index (χ1) is 6.45. The SMILES string of the molecule is C(=N\NC1CCOC1)/c1ccco1. The number of ether oxygens (including phenoxy) is 1. The average molecular weight is 180 g/mol. The normalized spacial score (nSPS) is 22.6. The summed E-state index contributed by atoms with van der Waals surface area (Å²) >= 11 is 0. The first-order valence-corrected chi connectivity index (χ1v) is 4.35. The van der Waals surface area contributed by atoms with Crippen molar-refractivity contribution in [1.82, 2.24) is 5.43 Å². The fourth-order valence-corrected chi connectivity index (χ4v) is 1.21. The van der Waals surface area contributed by atoms with Crippen LogP contribution in [0.2, 0.25) is 0 Å². The number of nitrogens with zero attached hydrogens (tertiary/aromatic N) is 1. The van der Waals surface area contributed by atoms with E-state index in [-0.39, 0.29) is 0 Å². The Labute approximate surface area is 76.6 Å². The lowest BCUT2D eigenvalue weighted by molar-refractivity contribution is 0.190. The van der Waals surface area contributed by atoms with Gasteiger partial charge < -0.3 is 14.6 Å². The molecule has 0 aliphatic carbocycles. The minimum absolute atomic E-state index is 0.353. The zero-order chi connectivity index (χ0) is 8.93. The molecule has 1 atom stereocenters. The first-order valence-electron chi connectivity index (χ1n) is 4.35. The van der Waals surface area contributed by atoms with Gasteiger partial charge in [-0.05, 0) is 18.6 Å². The van der Waals surface area contributed by atoms with Gasteiger partial charge in [0.25, 0.3) is 0 Å². The summed E-state index contributed by atoms with van der Waals surface area (Å²) in [6.45, 7) is 1.57. The third-order valence-electron chi connectivity index (χ3n) is 1.92. The molecule has 13 heavy (non-hydrogen) atoms. The molecule has 1 N–H and O–H groups in total. The van der Waals surface area contributed by atoms with Crippen LogP contribution in [-0.2, 0) is 4.74 Å². The van der Waals surface area contributed by atoms with Crippen LogP contribution < -0.4 is 5.43 Å². The van der Waals surface area contributed by atoms with Gasteiger partial charge in [0.1, 0.15) is 5.76 Å². The van der Waals surface area contributed by atoms with Crippen molar-refractivity contribution in [3.8, 4) is 0 Å². The molecule has 2 heterocycles. The number of rotatable bonds is 3. The molecule has 4 nitrogen and oxygen atoms in total. The summed E-state index contributed by atoms with van der Waals surface area (Å²) in [5.41, 5.74) is 3.00. The monoisotopic (exact) mass is 180 g/mol. The maximum Gasteiger partial charge on any atom is 0.146 e. The van der Waals surface area contributed by atoms with E-state index in [0.29, 0.717) is 6.04 Å². The number of furan rings is 1. The third kappa shape index (κ3) is 2.32. The van der Waals surface area contributed by atoms with E-state index >= 15 is 0 Å². The number of hydrogen-bond acceptors (Lipinski definition) is 4. The van der Waals surface area contributed by atoms with Crippen LogP contribution in [0.3, 0.4) is 0 Å². The Hall–Kier alpha value is -1.29. The maximum atomic E-state index is 5.19. The Kier molecular flexibility index (Phi) is 2.62. The molecule has 0 bridgehead atoms. The van der Waals surface area contributed by atoms with Crippen LogP contribution in [0.1, 0.15) is 12.2 Å². The van der Waals surface area contributed by atoms with Gasteiger partial charge in [0, 0.05) is 6.61 Å². The van der Waals surface area contributed by atoms with Crippen LogP contribution >= 0.6 is 0 Å². The van der Waals surface area contributed by atoms with Crippen molar-refractivity contribution in [1.29, 1.82) is 0 Å². The highest BCUT2D eigenvalue weighted by molar-refractivity contribution is 5.75. The molecule has 1 aromatic heterocycles. The zero-order valence-corrected chi connectivity index (χ0v) is 7.27. The van der Waals surface area contributed by atoms with Crippen molar-refractivity contribution < 1.29 is 9.15 Å². The summed E-state index contributed by atoms with van der Waals surface area (Å²) in [6, 6.07) is 4.04. The molecular formula is C9H12N2O2. The highest BCUT2D eigenvalue weighted by Crippen LogP contribution is 2.02. The molecule has 1 aliphatic heterocycles. The summed E-state index contributed by atoms with van der Waals surface area (Å²) in [5.74, 6) is 0.756. The predicted molar refractivity (Wildman–Crippen MR) is 48.7 cm³/mol. The molecule has 0 aromatic carbocycles. The lowest BCUT2D eigenvalue weighted by atomic mass is 10.3. The van der Waals surface area contributed by atoms with Crippen molar-refractivity contribution in [3.63, 3.8) is 0 Å². The standard InChI is InChI=1S/C9H12N2O2/c1-2-9(13-4-1)6-10-11-8-3-5-12-7-8/h1-2,4,6,8,11H,3,5,7H2/b10-6+. The zero-order valence-electron chi connectivity index (χ0n) is 7.27. The fraction of sp³-hybridized carbons (Fsp3) is 0.444. The van der Waals surface area contributed by atoms with Crippen LogP contribution in [0.25, 0.3) is 0 Å². The Morgan fingerprint density at radius 2 is 2.62 bits per heavy atom. The van der Waals surface area contributed by atoms with Crippen LogP contribution in [-0.4, -0.2) is 25.5 Å². The van der Waals surface area contributed by atoms with Gasteiger partial charge in [-0.2, -0.15) is 5.10 Å². The summed E-state index contributed by atoms with van der Waals surface area (Å²) in [5, 5.41) is 4.05. The van der Waals surface area contributed by atoms with Gasteiger partial charge in [0.15, 0.2) is 0 Å². The van der Waals surface area contributed by atoms with Crippen LogP contribution in [0.4, 0.5) is 0 Å². The van der Waals surface area contributed by atoms with Gasteiger partial charge in [0.05, 0.1) is 25.1 Å². The minimum atomic E-state index is 0.353. The smallest absolute Gasteiger partial charge is 0.146 e. The Morgan fingerprint density at radius 3 is 3.31 bits per heavy atom. The van der Waals surface area contributed by atoms with Crippen molar-refractivity contribution >= 4 is 6.21 Å². The highest BCUT2D eigenvalue weighted by Gasteiger charge is 2.13. The van der Waals surface area contributed by atoms with Gasteiger partial charge in [0.2, 0.25) is 0 Å². The van der Waals surface area contributed by atoms with E-state index in [1.807, 2.05) is 12.1 Å². The molecule has 4 heteroatoms. The summed E-state index contributed by atoms with van der Waals surface area (Å²) < 4.78 is 10.3. The van der Waals surface area contributed by atoms with E-state index < -0.39 is 0 Å². The van der Waals surface area contributed by atoms with E-state index in [2.05, 4.69) is 10.5 Å². The molecule has 0 saturated carbocycles.